The van der Waals surface area contributed by atoms with Gasteiger partial charge in [0.2, 0.25) is 0 Å². The van der Waals surface area contributed by atoms with E-state index in [2.05, 4.69) is 0 Å². The Morgan fingerprint density at radius 1 is 1.56 bits per heavy atom. The van der Waals surface area contributed by atoms with E-state index in [9.17, 15) is 4.39 Å². The molecule has 0 aromatic rings. The van der Waals surface area contributed by atoms with Gasteiger partial charge in [-0.15, -0.1) is 0 Å². The lowest BCUT2D eigenvalue weighted by Crippen LogP contribution is -2.01. The van der Waals surface area contributed by atoms with Gasteiger partial charge in [-0.2, -0.15) is 0 Å². The van der Waals surface area contributed by atoms with Crippen molar-refractivity contribution in [3.05, 3.63) is 11.6 Å². The van der Waals surface area contributed by atoms with Crippen molar-refractivity contribution in [3.8, 4) is 0 Å². The van der Waals surface area contributed by atoms with Crippen molar-refractivity contribution in [2.24, 2.45) is 0 Å². The van der Waals surface area contributed by atoms with Crippen LogP contribution in [0.25, 0.3) is 0 Å². The fourth-order valence-corrected chi connectivity index (χ4v) is 1.22. The number of hydrogen-bond acceptors (Lipinski definition) is 0. The van der Waals surface area contributed by atoms with Crippen LogP contribution in [0.3, 0.4) is 0 Å². The fourth-order valence-electron chi connectivity index (χ4n) is 1.22. The van der Waals surface area contributed by atoms with Crippen LogP contribution in [-0.4, -0.2) is 6.17 Å². The topological polar surface area (TPSA) is 0 Å². The quantitative estimate of drug-likeness (QED) is 0.476. The molecule has 0 N–H and O–H groups in total. The Balaban J connectivity index is 2.46. The van der Waals surface area contributed by atoms with Crippen LogP contribution in [0.2, 0.25) is 0 Å². The van der Waals surface area contributed by atoms with Crippen molar-refractivity contribution in [3.63, 3.8) is 0 Å². The SMILES string of the molecule is CC(F)C1=CCCCC1. The molecule has 1 atom stereocenters. The molecule has 1 unspecified atom stereocenters. The molecule has 1 rings (SSSR count). The second-order valence-corrected chi connectivity index (χ2v) is 2.64. The molecule has 9 heavy (non-hydrogen) atoms. The molecule has 0 saturated carbocycles. The number of allylic oxidation sites excluding steroid dienone is 2. The lowest BCUT2D eigenvalue weighted by molar-refractivity contribution is 0.393. The first-order valence-corrected chi connectivity index (χ1v) is 3.63. The summed E-state index contributed by atoms with van der Waals surface area (Å²) in [7, 11) is 0. The Hall–Kier alpha value is -0.330. The van der Waals surface area contributed by atoms with E-state index >= 15 is 0 Å². The van der Waals surface area contributed by atoms with E-state index < -0.39 is 6.17 Å². The number of alkyl halides is 1. The molecule has 0 fully saturated rings. The van der Waals surface area contributed by atoms with Crippen molar-refractivity contribution in [2.75, 3.05) is 0 Å². The Morgan fingerprint density at radius 2 is 2.33 bits per heavy atom. The molecule has 1 aliphatic carbocycles. The van der Waals surface area contributed by atoms with Gasteiger partial charge in [-0.05, 0) is 38.2 Å². The monoisotopic (exact) mass is 128 g/mol. The third-order valence-electron chi connectivity index (χ3n) is 1.84. The second-order valence-electron chi connectivity index (χ2n) is 2.64. The molecule has 1 aliphatic rings. The minimum absolute atomic E-state index is 0.703. The summed E-state index contributed by atoms with van der Waals surface area (Å²) in [5.41, 5.74) is 1.02. The standard InChI is InChI=1S/C8H13F/c1-7(9)8-5-3-2-4-6-8/h5,7H,2-4,6H2,1H3. The van der Waals surface area contributed by atoms with Crippen LogP contribution in [0.5, 0.6) is 0 Å². The molecule has 0 bridgehead atoms. The highest BCUT2D eigenvalue weighted by Gasteiger charge is 2.08. The highest BCUT2D eigenvalue weighted by atomic mass is 19.1. The first kappa shape index (κ1) is 6.79. The zero-order chi connectivity index (χ0) is 6.69. The van der Waals surface area contributed by atoms with E-state index in [-0.39, 0.29) is 0 Å². The maximum Gasteiger partial charge on any atom is 0.118 e. The molecule has 0 aromatic carbocycles. The average Bonchev–Trinajstić information content (AvgIpc) is 1.90. The van der Waals surface area contributed by atoms with Crippen molar-refractivity contribution in [1.29, 1.82) is 0 Å². The van der Waals surface area contributed by atoms with E-state index in [4.69, 9.17) is 0 Å². The van der Waals surface area contributed by atoms with E-state index in [0.717, 1.165) is 18.4 Å². The minimum atomic E-state index is -0.703. The van der Waals surface area contributed by atoms with E-state index in [1.165, 1.54) is 12.8 Å². The Labute approximate surface area is 55.8 Å². The predicted octanol–water partition coefficient (Wildman–Crippen LogP) is 2.84. The molecule has 0 heterocycles. The largest absolute Gasteiger partial charge is 0.243 e. The Morgan fingerprint density at radius 3 is 2.67 bits per heavy atom. The van der Waals surface area contributed by atoms with E-state index in [1.807, 2.05) is 6.08 Å². The average molecular weight is 128 g/mol. The Bertz CT molecular complexity index is 114. The molecule has 0 aromatic heterocycles. The molecular weight excluding hydrogens is 115 g/mol. The van der Waals surface area contributed by atoms with Gasteiger partial charge in [0.1, 0.15) is 6.17 Å². The molecule has 0 nitrogen and oxygen atoms in total. The number of rotatable bonds is 1. The van der Waals surface area contributed by atoms with Gasteiger partial charge in [-0.3, -0.25) is 0 Å². The zero-order valence-corrected chi connectivity index (χ0v) is 5.86. The van der Waals surface area contributed by atoms with Crippen molar-refractivity contribution < 1.29 is 4.39 Å². The number of halogens is 1. The normalized spacial score (nSPS) is 23.1. The van der Waals surface area contributed by atoms with E-state index in [1.54, 1.807) is 6.92 Å². The number of hydrogen-bond donors (Lipinski definition) is 0. The third kappa shape index (κ3) is 1.81. The van der Waals surface area contributed by atoms with Gasteiger partial charge in [-0.25, -0.2) is 4.39 Å². The van der Waals surface area contributed by atoms with Gasteiger partial charge in [0.15, 0.2) is 0 Å². The Kier molecular flexibility index (Phi) is 2.26. The van der Waals surface area contributed by atoms with Crippen molar-refractivity contribution >= 4 is 0 Å². The maximum atomic E-state index is 12.5. The predicted molar refractivity (Wildman–Crippen MR) is 37.1 cm³/mol. The van der Waals surface area contributed by atoms with Gasteiger partial charge in [-0.1, -0.05) is 6.08 Å². The van der Waals surface area contributed by atoms with Crippen LogP contribution in [0.15, 0.2) is 11.6 Å². The summed E-state index contributed by atoms with van der Waals surface area (Å²) in [5.74, 6) is 0. The molecule has 0 radical (unpaired) electrons. The van der Waals surface area contributed by atoms with Crippen LogP contribution < -0.4 is 0 Å². The summed E-state index contributed by atoms with van der Waals surface area (Å²) in [6.07, 6.45) is 5.84. The van der Waals surface area contributed by atoms with Gasteiger partial charge >= 0.3 is 0 Å². The fraction of sp³-hybridized carbons (Fsp3) is 0.750. The first-order valence-electron chi connectivity index (χ1n) is 3.63. The summed E-state index contributed by atoms with van der Waals surface area (Å²) in [6.45, 7) is 1.62. The van der Waals surface area contributed by atoms with Crippen molar-refractivity contribution in [2.45, 2.75) is 38.8 Å². The molecule has 0 spiro atoms. The van der Waals surface area contributed by atoms with Crippen LogP contribution >= 0.6 is 0 Å². The maximum absolute atomic E-state index is 12.5. The molecule has 1 heteroatoms. The minimum Gasteiger partial charge on any atom is -0.243 e. The lowest BCUT2D eigenvalue weighted by atomic mass is 9.97. The summed E-state index contributed by atoms with van der Waals surface area (Å²) in [5, 5.41) is 0. The van der Waals surface area contributed by atoms with Crippen LogP contribution in [0, 0.1) is 0 Å². The zero-order valence-electron chi connectivity index (χ0n) is 5.86. The highest BCUT2D eigenvalue weighted by molar-refractivity contribution is 5.09. The summed E-state index contributed by atoms with van der Waals surface area (Å²) in [6, 6.07) is 0. The van der Waals surface area contributed by atoms with Gasteiger partial charge in [0.25, 0.3) is 0 Å². The van der Waals surface area contributed by atoms with Gasteiger partial charge in [0, 0.05) is 0 Å². The molecular formula is C8H13F. The lowest BCUT2D eigenvalue weighted by Gasteiger charge is -2.12. The van der Waals surface area contributed by atoms with E-state index in [0.29, 0.717) is 0 Å². The van der Waals surface area contributed by atoms with Crippen molar-refractivity contribution in [1.82, 2.24) is 0 Å². The summed E-state index contributed by atoms with van der Waals surface area (Å²) >= 11 is 0. The smallest absolute Gasteiger partial charge is 0.118 e. The van der Waals surface area contributed by atoms with Crippen LogP contribution in [0.4, 0.5) is 4.39 Å². The summed E-state index contributed by atoms with van der Waals surface area (Å²) in [4.78, 5) is 0. The highest BCUT2D eigenvalue weighted by Crippen LogP contribution is 2.21. The first-order chi connectivity index (χ1) is 4.30. The molecule has 52 valence electrons. The van der Waals surface area contributed by atoms with Crippen LogP contribution in [-0.2, 0) is 0 Å². The molecule has 0 amide bonds. The second kappa shape index (κ2) is 3.00. The molecule has 0 aliphatic heterocycles. The van der Waals surface area contributed by atoms with Gasteiger partial charge in [0.05, 0.1) is 0 Å². The van der Waals surface area contributed by atoms with Gasteiger partial charge < -0.3 is 0 Å². The van der Waals surface area contributed by atoms with Crippen LogP contribution in [0.1, 0.15) is 32.6 Å². The summed E-state index contributed by atoms with van der Waals surface area (Å²) < 4.78 is 12.5. The molecule has 0 saturated heterocycles. The third-order valence-corrected chi connectivity index (χ3v) is 1.84.